The Balaban J connectivity index is 0.00000162. The fraction of sp³-hybridized carbons (Fsp3) is 0.600. The lowest BCUT2D eigenvalue weighted by Crippen LogP contribution is -2.36. The Kier molecular flexibility index (Phi) is 4.41. The number of nitrogens with zero attached hydrogens (tertiary/aromatic N) is 2. The summed E-state index contributed by atoms with van der Waals surface area (Å²) in [6.07, 6.45) is -3.27. The first kappa shape index (κ1) is 14.6. The molecular weight excluding hydrogens is 242 g/mol. The maximum absolute atomic E-state index is 11.5. The van der Waals surface area contributed by atoms with E-state index in [4.69, 9.17) is 15.6 Å². The normalized spacial score (nSPS) is 31.1. The van der Waals surface area contributed by atoms with E-state index in [-0.39, 0.29) is 13.2 Å². The SMILES string of the molecule is C.Nc1ccn([C@@H]2O[C@H](CO)[C@H](O)C2O)c(=O)n1. The van der Waals surface area contributed by atoms with Crippen LogP contribution in [0.4, 0.5) is 5.82 Å². The van der Waals surface area contributed by atoms with Crippen molar-refractivity contribution in [2.75, 3.05) is 12.3 Å². The van der Waals surface area contributed by atoms with Gasteiger partial charge in [-0.3, -0.25) is 4.57 Å². The molecule has 18 heavy (non-hydrogen) atoms. The average Bonchev–Trinajstić information content (AvgIpc) is 2.57. The Hall–Kier alpha value is -1.48. The van der Waals surface area contributed by atoms with Gasteiger partial charge in [-0.2, -0.15) is 4.98 Å². The van der Waals surface area contributed by atoms with Crippen molar-refractivity contribution in [2.24, 2.45) is 0 Å². The third-order valence-corrected chi connectivity index (χ3v) is 2.64. The summed E-state index contributed by atoms with van der Waals surface area (Å²) in [4.78, 5) is 15.0. The van der Waals surface area contributed by atoms with Crippen molar-refractivity contribution >= 4 is 5.82 Å². The van der Waals surface area contributed by atoms with Crippen LogP contribution >= 0.6 is 0 Å². The van der Waals surface area contributed by atoms with E-state index in [9.17, 15) is 15.0 Å². The quantitative estimate of drug-likeness (QED) is 0.486. The lowest BCUT2D eigenvalue weighted by molar-refractivity contribution is -0.0549. The van der Waals surface area contributed by atoms with Gasteiger partial charge >= 0.3 is 5.69 Å². The molecule has 1 aromatic rings. The number of rotatable bonds is 2. The van der Waals surface area contributed by atoms with Crippen LogP contribution in [0, 0.1) is 0 Å². The molecule has 0 bridgehead atoms. The molecule has 2 rings (SSSR count). The number of aliphatic hydroxyl groups excluding tert-OH is 3. The first-order valence-electron chi connectivity index (χ1n) is 5.01. The molecule has 0 saturated carbocycles. The van der Waals surface area contributed by atoms with Crippen molar-refractivity contribution in [3.63, 3.8) is 0 Å². The van der Waals surface area contributed by atoms with Crippen LogP contribution in [0.15, 0.2) is 17.1 Å². The van der Waals surface area contributed by atoms with Gasteiger partial charge in [0.25, 0.3) is 0 Å². The van der Waals surface area contributed by atoms with E-state index in [1.807, 2.05) is 0 Å². The maximum Gasteiger partial charge on any atom is 0.351 e. The Bertz CT molecular complexity index is 463. The molecule has 4 atom stereocenters. The molecule has 1 saturated heterocycles. The second kappa shape index (κ2) is 5.44. The minimum Gasteiger partial charge on any atom is -0.394 e. The average molecular weight is 259 g/mol. The van der Waals surface area contributed by atoms with Gasteiger partial charge in [0.15, 0.2) is 6.23 Å². The van der Waals surface area contributed by atoms with Crippen molar-refractivity contribution in [3.05, 3.63) is 22.7 Å². The summed E-state index contributed by atoms with van der Waals surface area (Å²) >= 11 is 0. The highest BCUT2D eigenvalue weighted by atomic mass is 16.6. The molecular formula is C10H17N3O5. The Morgan fingerprint density at radius 2 is 2.11 bits per heavy atom. The molecule has 8 nitrogen and oxygen atoms in total. The topological polar surface area (TPSA) is 131 Å². The number of anilines is 1. The zero-order valence-corrected chi connectivity index (χ0v) is 8.80. The monoisotopic (exact) mass is 259 g/mol. The minimum absolute atomic E-state index is 0. The van der Waals surface area contributed by atoms with Gasteiger partial charge in [-0.05, 0) is 6.07 Å². The predicted octanol–water partition coefficient (Wildman–Crippen LogP) is -1.93. The number of aromatic nitrogens is 2. The number of hydrogen-bond acceptors (Lipinski definition) is 7. The molecule has 102 valence electrons. The molecule has 0 aliphatic carbocycles. The fourth-order valence-electron chi connectivity index (χ4n) is 1.73. The molecule has 1 fully saturated rings. The zero-order chi connectivity index (χ0) is 12.6. The second-order valence-corrected chi connectivity index (χ2v) is 3.77. The molecule has 1 aliphatic rings. The summed E-state index contributed by atoms with van der Waals surface area (Å²) in [7, 11) is 0. The van der Waals surface area contributed by atoms with Gasteiger partial charge < -0.3 is 25.8 Å². The highest BCUT2D eigenvalue weighted by Gasteiger charge is 2.43. The van der Waals surface area contributed by atoms with Gasteiger partial charge in [-0.15, -0.1) is 0 Å². The molecule has 0 amide bonds. The van der Waals surface area contributed by atoms with E-state index in [0.29, 0.717) is 0 Å². The first-order chi connectivity index (χ1) is 8.04. The molecule has 0 spiro atoms. The van der Waals surface area contributed by atoms with Gasteiger partial charge in [0.05, 0.1) is 6.61 Å². The molecule has 2 heterocycles. The largest absolute Gasteiger partial charge is 0.394 e. The second-order valence-electron chi connectivity index (χ2n) is 3.77. The van der Waals surface area contributed by atoms with Gasteiger partial charge in [0.2, 0.25) is 0 Å². The van der Waals surface area contributed by atoms with E-state index < -0.39 is 36.8 Å². The van der Waals surface area contributed by atoms with Crippen LogP contribution in [0.3, 0.4) is 0 Å². The number of aliphatic hydroxyl groups is 3. The van der Waals surface area contributed by atoms with Gasteiger partial charge in [-0.25, -0.2) is 4.79 Å². The van der Waals surface area contributed by atoms with Crippen LogP contribution in [0.1, 0.15) is 13.7 Å². The van der Waals surface area contributed by atoms with Crippen LogP contribution < -0.4 is 11.4 Å². The van der Waals surface area contributed by atoms with E-state index >= 15 is 0 Å². The molecule has 1 aliphatic heterocycles. The van der Waals surface area contributed by atoms with Crippen molar-refractivity contribution in [1.29, 1.82) is 0 Å². The molecule has 0 aromatic carbocycles. The number of ether oxygens (including phenoxy) is 1. The van der Waals surface area contributed by atoms with Crippen LogP contribution in [-0.4, -0.2) is 49.8 Å². The smallest absolute Gasteiger partial charge is 0.351 e. The number of nitrogens with two attached hydrogens (primary N) is 1. The Morgan fingerprint density at radius 1 is 1.44 bits per heavy atom. The lowest BCUT2D eigenvalue weighted by Gasteiger charge is -2.16. The third kappa shape index (κ3) is 2.36. The van der Waals surface area contributed by atoms with E-state index in [0.717, 1.165) is 4.57 Å². The van der Waals surface area contributed by atoms with Crippen LogP contribution in [0.5, 0.6) is 0 Å². The standard InChI is InChI=1S/C9H13N3O5.CH4/c10-5-1-2-12(9(16)11-5)8-7(15)6(14)4(3-13)17-8;/h1-2,4,6-8,13-15H,3H2,(H2,10,11,16);1H4/t4-,6+,7?,8-;/m1./s1. The highest BCUT2D eigenvalue weighted by Crippen LogP contribution is 2.27. The van der Waals surface area contributed by atoms with Gasteiger partial charge in [0.1, 0.15) is 24.1 Å². The molecule has 1 aromatic heterocycles. The third-order valence-electron chi connectivity index (χ3n) is 2.64. The van der Waals surface area contributed by atoms with Crippen LogP contribution in [0.25, 0.3) is 0 Å². The lowest BCUT2D eigenvalue weighted by atomic mass is 10.1. The predicted molar refractivity (Wildman–Crippen MR) is 62.6 cm³/mol. The summed E-state index contributed by atoms with van der Waals surface area (Å²) in [6, 6.07) is 1.37. The Labute approximate surface area is 103 Å². The first-order valence-corrected chi connectivity index (χ1v) is 5.01. The van der Waals surface area contributed by atoms with Crippen molar-refractivity contribution in [2.45, 2.75) is 32.0 Å². The Morgan fingerprint density at radius 3 is 2.61 bits per heavy atom. The highest BCUT2D eigenvalue weighted by molar-refractivity contribution is 5.23. The maximum atomic E-state index is 11.5. The summed E-state index contributed by atoms with van der Waals surface area (Å²) < 4.78 is 6.19. The summed E-state index contributed by atoms with van der Waals surface area (Å²) in [5.41, 5.74) is 4.63. The molecule has 5 N–H and O–H groups in total. The van der Waals surface area contributed by atoms with Crippen molar-refractivity contribution in [3.8, 4) is 0 Å². The fourth-order valence-corrected chi connectivity index (χ4v) is 1.73. The number of hydrogen-bond donors (Lipinski definition) is 4. The number of nitrogen functional groups attached to an aromatic ring is 1. The van der Waals surface area contributed by atoms with Crippen molar-refractivity contribution in [1.82, 2.24) is 9.55 Å². The zero-order valence-electron chi connectivity index (χ0n) is 8.80. The van der Waals surface area contributed by atoms with Crippen LogP contribution in [0.2, 0.25) is 0 Å². The molecule has 1 unspecified atom stereocenters. The summed E-state index contributed by atoms with van der Waals surface area (Å²) in [5.74, 6) is 0.0537. The van der Waals surface area contributed by atoms with Crippen molar-refractivity contribution < 1.29 is 20.1 Å². The molecule has 0 radical (unpaired) electrons. The van der Waals surface area contributed by atoms with E-state index in [2.05, 4.69) is 4.98 Å². The van der Waals surface area contributed by atoms with E-state index in [1.54, 1.807) is 0 Å². The summed E-state index contributed by atoms with van der Waals surface area (Å²) in [6.45, 7) is -0.453. The minimum atomic E-state index is -1.31. The molecule has 8 heteroatoms. The van der Waals surface area contributed by atoms with Crippen LogP contribution in [-0.2, 0) is 4.74 Å². The van der Waals surface area contributed by atoms with Gasteiger partial charge in [0, 0.05) is 6.20 Å². The van der Waals surface area contributed by atoms with Gasteiger partial charge in [-0.1, -0.05) is 7.43 Å². The van der Waals surface area contributed by atoms with E-state index in [1.165, 1.54) is 12.3 Å². The summed E-state index contributed by atoms with van der Waals surface area (Å²) in [5, 5.41) is 28.2.